The number of phenols is 2. The Bertz CT molecular complexity index is 2830. The van der Waals surface area contributed by atoms with Gasteiger partial charge in [0.25, 0.3) is 0 Å². The van der Waals surface area contributed by atoms with Crippen molar-refractivity contribution < 1.29 is 10.2 Å². The number of para-hydroxylation sites is 4. The summed E-state index contributed by atoms with van der Waals surface area (Å²) < 4.78 is 0. The Balaban J connectivity index is 0.963. The van der Waals surface area contributed by atoms with E-state index >= 15 is 0 Å². The molecule has 0 fully saturated rings. The lowest BCUT2D eigenvalue weighted by Gasteiger charge is -2.31. The first kappa shape index (κ1) is 47.8. The van der Waals surface area contributed by atoms with Gasteiger partial charge < -0.3 is 20.0 Å². The fraction of sp³-hybridized carbons (Fsp3) is 0.206. The van der Waals surface area contributed by atoms with Gasteiger partial charge in [-0.25, -0.2) is 0 Å². The van der Waals surface area contributed by atoms with Gasteiger partial charge in [0.1, 0.15) is 11.5 Å². The third kappa shape index (κ3) is 9.84. The summed E-state index contributed by atoms with van der Waals surface area (Å²) in [5, 5.41) is 22.7. The minimum absolute atomic E-state index is 0.187. The number of benzene rings is 8. The second kappa shape index (κ2) is 20.3. The van der Waals surface area contributed by atoms with Crippen LogP contribution in [0.3, 0.4) is 0 Å². The molecule has 0 unspecified atom stereocenters. The number of aromatic hydroxyl groups is 2. The van der Waals surface area contributed by atoms with Crippen molar-refractivity contribution in [2.75, 3.05) is 22.9 Å². The van der Waals surface area contributed by atoms with E-state index in [1.54, 1.807) is 12.4 Å². The van der Waals surface area contributed by atoms with Crippen LogP contribution in [0, 0.1) is 60.8 Å². The molecule has 0 amide bonds. The lowest BCUT2D eigenvalue weighted by molar-refractivity contribution is 0.396. The molecular formula is C63H64N4O2. The quantitative estimate of drug-likeness (QED) is 0.107. The van der Waals surface area contributed by atoms with Crippen LogP contribution in [-0.2, 0) is 0 Å². The van der Waals surface area contributed by atoms with Crippen LogP contribution in [0.5, 0.6) is 11.5 Å². The maximum atomic E-state index is 11.4. The first-order valence-electron chi connectivity index (χ1n) is 23.8. The fourth-order valence-corrected chi connectivity index (χ4v) is 9.69. The van der Waals surface area contributed by atoms with Crippen molar-refractivity contribution in [1.82, 2.24) is 0 Å². The lowest BCUT2D eigenvalue weighted by atomic mass is 9.87. The van der Waals surface area contributed by atoms with Crippen molar-refractivity contribution >= 4 is 46.6 Å². The lowest BCUT2D eigenvalue weighted by Crippen LogP contribution is -2.19. The van der Waals surface area contributed by atoms with Crippen molar-refractivity contribution in [1.29, 1.82) is 0 Å². The highest BCUT2D eigenvalue weighted by atomic mass is 16.3. The highest BCUT2D eigenvalue weighted by molar-refractivity contribution is 5.91. The Morgan fingerprint density at radius 3 is 0.928 bits per heavy atom. The summed E-state index contributed by atoms with van der Waals surface area (Å²) in [6.45, 7) is 22.8. The van der Waals surface area contributed by atoms with Crippen molar-refractivity contribution in [3.8, 4) is 33.8 Å². The Hall–Kier alpha value is -7.70. The van der Waals surface area contributed by atoms with E-state index in [4.69, 9.17) is 9.98 Å². The largest absolute Gasteiger partial charge is 0.507 e. The molecule has 0 saturated heterocycles. The van der Waals surface area contributed by atoms with E-state index in [1.807, 2.05) is 48.5 Å². The Morgan fingerprint density at radius 1 is 0.391 bits per heavy atom. The number of anilines is 6. The third-order valence-corrected chi connectivity index (χ3v) is 13.8. The molecule has 0 spiro atoms. The average Bonchev–Trinajstić information content (AvgIpc) is 3.35. The predicted molar refractivity (Wildman–Crippen MR) is 293 cm³/mol. The van der Waals surface area contributed by atoms with Crippen LogP contribution in [0.15, 0.2) is 168 Å². The van der Waals surface area contributed by atoms with Gasteiger partial charge in [0.2, 0.25) is 0 Å². The molecule has 348 valence electrons. The SMILES string of the molecule is Cc1c(C)c(N(c2ccccc2)c2ccccc2)c(C)c(C)c1-c1ccc(/C=N/CC(C)(C)C/N=C/c2ccc(-c3c(C)c(C)c(N(c4ccccc4)c4ccccc4)c(C)c3C)cc2O)c(O)c1. The van der Waals surface area contributed by atoms with E-state index in [2.05, 4.69) is 188 Å². The normalized spacial score (nSPS) is 11.7. The van der Waals surface area contributed by atoms with Gasteiger partial charge in [-0.2, -0.15) is 0 Å². The third-order valence-electron chi connectivity index (χ3n) is 13.8. The monoisotopic (exact) mass is 909 g/mol. The molecule has 0 aliphatic heterocycles. The molecule has 0 aromatic heterocycles. The van der Waals surface area contributed by atoms with E-state index in [0.717, 1.165) is 45.0 Å². The fourth-order valence-electron chi connectivity index (χ4n) is 9.69. The van der Waals surface area contributed by atoms with E-state index in [0.29, 0.717) is 24.2 Å². The van der Waals surface area contributed by atoms with Crippen molar-refractivity contribution in [2.45, 2.75) is 69.2 Å². The van der Waals surface area contributed by atoms with Gasteiger partial charge in [-0.05, 0) is 195 Å². The van der Waals surface area contributed by atoms with E-state index in [-0.39, 0.29) is 16.9 Å². The molecule has 2 N–H and O–H groups in total. The van der Waals surface area contributed by atoms with E-state index < -0.39 is 0 Å². The van der Waals surface area contributed by atoms with Crippen LogP contribution in [0.2, 0.25) is 0 Å². The van der Waals surface area contributed by atoms with E-state index in [1.165, 1.54) is 55.9 Å². The Labute approximate surface area is 409 Å². The second-order valence-electron chi connectivity index (χ2n) is 19.1. The summed E-state index contributed by atoms with van der Waals surface area (Å²) in [4.78, 5) is 14.2. The Morgan fingerprint density at radius 2 is 0.667 bits per heavy atom. The number of hydrogen-bond acceptors (Lipinski definition) is 6. The van der Waals surface area contributed by atoms with Crippen LogP contribution in [0.1, 0.15) is 69.5 Å². The molecule has 0 atom stereocenters. The zero-order valence-electron chi connectivity index (χ0n) is 41.8. The van der Waals surface area contributed by atoms with E-state index in [9.17, 15) is 10.2 Å². The molecule has 0 bridgehead atoms. The zero-order chi connectivity index (χ0) is 49.0. The van der Waals surface area contributed by atoms with Crippen LogP contribution < -0.4 is 9.80 Å². The average molecular weight is 909 g/mol. The number of aliphatic imine (C=N–C) groups is 2. The maximum Gasteiger partial charge on any atom is 0.124 e. The Kier molecular flexibility index (Phi) is 14.0. The van der Waals surface area contributed by atoms with Crippen LogP contribution in [0.4, 0.5) is 34.1 Å². The van der Waals surface area contributed by atoms with Crippen molar-refractivity contribution in [3.05, 3.63) is 213 Å². The smallest absolute Gasteiger partial charge is 0.124 e. The summed E-state index contributed by atoms with van der Waals surface area (Å²) >= 11 is 0. The second-order valence-corrected chi connectivity index (χ2v) is 19.1. The van der Waals surface area contributed by atoms with Crippen molar-refractivity contribution in [2.24, 2.45) is 15.4 Å². The molecule has 0 heterocycles. The molecule has 0 aliphatic carbocycles. The minimum atomic E-state index is -0.269. The van der Waals surface area contributed by atoms with Crippen LogP contribution in [-0.4, -0.2) is 35.7 Å². The predicted octanol–water partition coefficient (Wildman–Crippen LogP) is 16.4. The summed E-state index contributed by atoms with van der Waals surface area (Å²) in [7, 11) is 0. The molecule has 0 saturated carbocycles. The molecular weight excluding hydrogens is 845 g/mol. The van der Waals surface area contributed by atoms with Crippen molar-refractivity contribution in [3.63, 3.8) is 0 Å². The standard InChI is InChI=1S/C63H64N4O2/c1-41-45(5)61(66(53-23-15-11-16-24-53)54-25-17-12-18-26-54)46(6)42(2)59(41)49-31-33-51(57(68)35-49)37-64-39-63(9,10)40-65-38-52-34-32-50(36-58(52)69)60-43(3)47(7)62(48(8)44(60)4)67(55-27-19-13-20-28-55)56-29-21-14-22-30-56/h11-38,68-69H,39-40H2,1-10H3/b64-37+,65-38+. The summed E-state index contributed by atoms with van der Waals surface area (Å²) in [6.07, 6.45) is 3.51. The molecule has 6 heteroatoms. The van der Waals surface area contributed by atoms with Gasteiger partial charge in [-0.3, -0.25) is 9.98 Å². The van der Waals surface area contributed by atoms with Gasteiger partial charge in [-0.1, -0.05) is 98.8 Å². The number of hydrogen-bond donors (Lipinski definition) is 2. The van der Waals surface area contributed by atoms with Gasteiger partial charge in [0.15, 0.2) is 0 Å². The number of phenolic OH excluding ortho intramolecular Hbond substituents is 2. The summed E-state index contributed by atoms with van der Waals surface area (Å²) in [6, 6.07) is 53.8. The molecule has 0 aliphatic rings. The summed E-state index contributed by atoms with van der Waals surface area (Å²) in [5.74, 6) is 0.375. The number of nitrogens with zero attached hydrogens (tertiary/aromatic N) is 4. The number of rotatable bonds is 14. The molecule has 8 aromatic rings. The molecule has 69 heavy (non-hydrogen) atoms. The van der Waals surface area contributed by atoms with Crippen LogP contribution >= 0.6 is 0 Å². The molecule has 6 nitrogen and oxygen atoms in total. The highest BCUT2D eigenvalue weighted by Crippen LogP contribution is 2.47. The van der Waals surface area contributed by atoms with Gasteiger partial charge >= 0.3 is 0 Å². The first-order valence-corrected chi connectivity index (χ1v) is 23.8. The van der Waals surface area contributed by atoms with Gasteiger partial charge in [0, 0.05) is 64.8 Å². The topological polar surface area (TPSA) is 71.7 Å². The minimum Gasteiger partial charge on any atom is -0.507 e. The van der Waals surface area contributed by atoms with Gasteiger partial charge in [0.05, 0.1) is 11.4 Å². The zero-order valence-corrected chi connectivity index (χ0v) is 41.8. The first-order chi connectivity index (χ1) is 33.2. The maximum absolute atomic E-state index is 11.4. The summed E-state index contributed by atoms with van der Waals surface area (Å²) in [5.41, 5.74) is 21.5. The molecule has 8 aromatic carbocycles. The highest BCUT2D eigenvalue weighted by Gasteiger charge is 2.25. The molecule has 0 radical (unpaired) electrons. The molecule has 8 rings (SSSR count). The van der Waals surface area contributed by atoms with Gasteiger partial charge in [-0.15, -0.1) is 0 Å². The van der Waals surface area contributed by atoms with Crippen LogP contribution in [0.25, 0.3) is 22.3 Å².